The first-order chi connectivity index (χ1) is 8.97. The zero-order valence-electron chi connectivity index (χ0n) is 10.6. The lowest BCUT2D eigenvalue weighted by atomic mass is 10.0. The average Bonchev–Trinajstić information content (AvgIpc) is 3.14. The van der Waals surface area contributed by atoms with E-state index in [2.05, 4.69) is 6.92 Å². The van der Waals surface area contributed by atoms with Gasteiger partial charge in [0.15, 0.2) is 0 Å². The fourth-order valence-electron chi connectivity index (χ4n) is 2.10. The normalized spacial score (nSPS) is 16.2. The van der Waals surface area contributed by atoms with Gasteiger partial charge in [0.1, 0.15) is 0 Å². The van der Waals surface area contributed by atoms with Gasteiger partial charge in [-0.2, -0.15) is 0 Å². The molecule has 0 amide bonds. The number of esters is 1. The molecule has 1 aromatic rings. The summed E-state index contributed by atoms with van der Waals surface area (Å²) in [6.07, 6.45) is 4.49. The average molecular weight is 322 g/mol. The van der Waals surface area contributed by atoms with E-state index in [4.69, 9.17) is 39.5 Å². The van der Waals surface area contributed by atoms with Gasteiger partial charge in [-0.1, -0.05) is 48.1 Å². The van der Waals surface area contributed by atoms with Crippen molar-refractivity contribution in [1.29, 1.82) is 0 Å². The van der Waals surface area contributed by atoms with Crippen molar-refractivity contribution in [2.45, 2.75) is 32.6 Å². The van der Waals surface area contributed by atoms with Crippen molar-refractivity contribution in [3.63, 3.8) is 0 Å². The van der Waals surface area contributed by atoms with Crippen LogP contribution in [0.4, 0.5) is 0 Å². The second-order valence-electron chi connectivity index (χ2n) is 4.99. The predicted molar refractivity (Wildman–Crippen MR) is 78.3 cm³/mol. The third-order valence-corrected chi connectivity index (χ3v) is 4.81. The summed E-state index contributed by atoms with van der Waals surface area (Å²) in [5.74, 6) is -0.471. The van der Waals surface area contributed by atoms with Crippen molar-refractivity contribution >= 4 is 40.8 Å². The highest BCUT2D eigenvalue weighted by Crippen LogP contribution is 2.51. The fourth-order valence-corrected chi connectivity index (χ4v) is 2.78. The molecular formula is C14H15Cl3O2. The van der Waals surface area contributed by atoms with Crippen LogP contribution in [0.3, 0.4) is 0 Å². The van der Waals surface area contributed by atoms with Crippen molar-refractivity contribution in [1.82, 2.24) is 0 Å². The molecule has 1 aliphatic carbocycles. The van der Waals surface area contributed by atoms with Crippen molar-refractivity contribution in [3.8, 4) is 0 Å². The topological polar surface area (TPSA) is 26.3 Å². The maximum atomic E-state index is 11.9. The molecule has 5 heteroatoms. The van der Waals surface area contributed by atoms with Gasteiger partial charge in [-0.3, -0.25) is 0 Å². The van der Waals surface area contributed by atoms with Crippen LogP contribution in [0.25, 0.3) is 0 Å². The summed E-state index contributed by atoms with van der Waals surface area (Å²) in [6.45, 7) is 2.58. The van der Waals surface area contributed by atoms with Crippen LogP contribution in [0.5, 0.6) is 0 Å². The zero-order chi connectivity index (χ0) is 14.0. The summed E-state index contributed by atoms with van der Waals surface area (Å²) in [6, 6.07) is 2.98. The quantitative estimate of drug-likeness (QED) is 0.537. The van der Waals surface area contributed by atoms with Crippen LogP contribution in [0.15, 0.2) is 12.1 Å². The molecule has 104 valence electrons. The van der Waals surface area contributed by atoms with E-state index in [1.54, 1.807) is 0 Å². The molecule has 1 aliphatic rings. The number of ether oxygens (including phenoxy) is 1. The Kier molecular flexibility index (Phi) is 4.65. The molecule has 0 aromatic heterocycles. The first kappa shape index (κ1) is 15.0. The second kappa shape index (κ2) is 5.90. The van der Waals surface area contributed by atoms with E-state index in [-0.39, 0.29) is 15.6 Å². The van der Waals surface area contributed by atoms with Gasteiger partial charge in [0.25, 0.3) is 0 Å². The van der Waals surface area contributed by atoms with Gasteiger partial charge >= 0.3 is 5.97 Å². The Bertz CT molecular complexity index is 496. The van der Waals surface area contributed by atoms with Crippen LogP contribution < -0.4 is 0 Å². The van der Waals surface area contributed by atoms with E-state index in [1.807, 2.05) is 0 Å². The maximum Gasteiger partial charge on any atom is 0.339 e. The lowest BCUT2D eigenvalue weighted by Crippen LogP contribution is -2.11. The lowest BCUT2D eigenvalue weighted by molar-refractivity contribution is 0.0476. The molecule has 1 saturated carbocycles. The maximum absolute atomic E-state index is 11.9. The van der Waals surface area contributed by atoms with Crippen LogP contribution in [0, 0.1) is 5.41 Å². The van der Waals surface area contributed by atoms with Crippen molar-refractivity contribution in [2.24, 2.45) is 5.41 Å². The van der Waals surface area contributed by atoms with Crippen molar-refractivity contribution in [2.75, 3.05) is 6.61 Å². The Morgan fingerprint density at radius 3 is 2.58 bits per heavy atom. The Hall–Kier alpha value is -0.440. The number of carbonyl (C=O) groups excluding carboxylic acids is 1. The van der Waals surface area contributed by atoms with E-state index in [0.29, 0.717) is 17.0 Å². The summed E-state index contributed by atoms with van der Waals surface area (Å²) in [5, 5.41) is 0.814. The molecule has 0 N–H and O–H groups in total. The monoisotopic (exact) mass is 320 g/mol. The molecule has 0 spiro atoms. The Morgan fingerprint density at radius 2 is 2.00 bits per heavy atom. The van der Waals surface area contributed by atoms with Crippen molar-refractivity contribution < 1.29 is 9.53 Å². The second-order valence-corrected chi connectivity index (χ2v) is 6.21. The minimum absolute atomic E-state index is 0.188. The highest BCUT2D eigenvalue weighted by molar-refractivity contribution is 6.45. The summed E-state index contributed by atoms with van der Waals surface area (Å²) < 4.78 is 5.26. The Morgan fingerprint density at radius 1 is 1.32 bits per heavy atom. The largest absolute Gasteiger partial charge is 0.462 e. The number of hydrogen-bond acceptors (Lipinski definition) is 2. The summed E-state index contributed by atoms with van der Waals surface area (Å²) >= 11 is 17.7. The predicted octanol–water partition coefficient (Wildman–Crippen LogP) is 5.38. The van der Waals surface area contributed by atoms with Gasteiger partial charge < -0.3 is 4.74 Å². The number of carbonyl (C=O) groups is 1. The molecule has 0 saturated heterocycles. The Balaban J connectivity index is 1.96. The molecule has 1 aromatic carbocycles. The Labute approximate surface area is 128 Å². The van der Waals surface area contributed by atoms with E-state index >= 15 is 0 Å². The summed E-state index contributed by atoms with van der Waals surface area (Å²) in [7, 11) is 0. The van der Waals surface area contributed by atoms with Crippen LogP contribution in [-0.2, 0) is 4.74 Å². The molecule has 0 unspecified atom stereocenters. The minimum atomic E-state index is -0.471. The molecule has 0 heterocycles. The molecule has 2 nitrogen and oxygen atoms in total. The fraction of sp³-hybridized carbons (Fsp3) is 0.500. The van der Waals surface area contributed by atoms with E-state index in [9.17, 15) is 4.79 Å². The first-order valence-corrected chi connectivity index (χ1v) is 7.42. The van der Waals surface area contributed by atoms with Crippen LogP contribution in [-0.4, -0.2) is 12.6 Å². The summed E-state index contributed by atoms with van der Waals surface area (Å²) in [5.41, 5.74) is 0.622. The molecule has 19 heavy (non-hydrogen) atoms. The van der Waals surface area contributed by atoms with Gasteiger partial charge in [0.2, 0.25) is 0 Å². The SMILES string of the molecule is CCC1(CCOC(=O)c2cc(Cl)cc(Cl)c2Cl)CC1. The van der Waals surface area contributed by atoms with Crippen LogP contribution in [0.2, 0.25) is 15.1 Å². The minimum Gasteiger partial charge on any atom is -0.462 e. The van der Waals surface area contributed by atoms with E-state index in [0.717, 1.165) is 12.8 Å². The molecular weight excluding hydrogens is 307 g/mol. The highest BCUT2D eigenvalue weighted by atomic mass is 35.5. The zero-order valence-corrected chi connectivity index (χ0v) is 12.9. The number of benzene rings is 1. The summed E-state index contributed by atoms with van der Waals surface area (Å²) in [4.78, 5) is 11.9. The van der Waals surface area contributed by atoms with Crippen LogP contribution >= 0.6 is 34.8 Å². The van der Waals surface area contributed by atoms with E-state index < -0.39 is 5.97 Å². The number of rotatable bonds is 5. The number of halogens is 3. The van der Waals surface area contributed by atoms with Gasteiger partial charge in [-0.15, -0.1) is 0 Å². The lowest BCUT2D eigenvalue weighted by Gasteiger charge is -2.12. The smallest absolute Gasteiger partial charge is 0.339 e. The third-order valence-electron chi connectivity index (χ3n) is 3.79. The molecule has 0 radical (unpaired) electrons. The molecule has 0 bridgehead atoms. The molecule has 0 atom stereocenters. The van der Waals surface area contributed by atoms with Gasteiger partial charge in [0, 0.05) is 5.02 Å². The highest BCUT2D eigenvalue weighted by Gasteiger charge is 2.40. The van der Waals surface area contributed by atoms with E-state index in [1.165, 1.54) is 25.0 Å². The molecule has 0 aliphatic heterocycles. The molecule has 2 rings (SSSR count). The first-order valence-electron chi connectivity index (χ1n) is 6.29. The number of hydrogen-bond donors (Lipinski definition) is 0. The van der Waals surface area contributed by atoms with Gasteiger partial charge in [-0.25, -0.2) is 4.79 Å². The van der Waals surface area contributed by atoms with Crippen molar-refractivity contribution in [3.05, 3.63) is 32.8 Å². The molecule has 1 fully saturated rings. The standard InChI is InChI=1S/C14H15Cl3O2/c1-2-14(3-4-14)5-6-19-13(18)10-7-9(15)8-11(16)12(10)17/h7-8H,2-6H2,1H3. The van der Waals surface area contributed by atoms with Crippen LogP contribution in [0.1, 0.15) is 43.0 Å². The van der Waals surface area contributed by atoms with Gasteiger partial charge in [-0.05, 0) is 36.8 Å². The third kappa shape index (κ3) is 3.56. The van der Waals surface area contributed by atoms with Gasteiger partial charge in [0.05, 0.1) is 22.2 Å².